The molecule has 1 unspecified atom stereocenters. The number of hydrogen-bond acceptors (Lipinski definition) is 8. The Kier molecular flexibility index (Phi) is 5.98. The van der Waals surface area contributed by atoms with Crippen molar-refractivity contribution in [1.29, 1.82) is 0 Å². The molecular formula is C18H20N2O7S. The quantitative estimate of drug-likeness (QED) is 0.454. The second kappa shape index (κ2) is 8.27. The zero-order valence-corrected chi connectivity index (χ0v) is 15.5. The summed E-state index contributed by atoms with van der Waals surface area (Å²) in [5.41, 5.74) is 1.71. The van der Waals surface area contributed by atoms with Crippen molar-refractivity contribution >= 4 is 22.9 Å². The first-order valence-corrected chi connectivity index (χ1v) is 9.82. The fraction of sp³-hybridized carbons (Fsp3) is 0.222. The van der Waals surface area contributed by atoms with Crippen LogP contribution in [0.5, 0.6) is 0 Å². The second-order valence-corrected chi connectivity index (χ2v) is 8.04. The highest BCUT2D eigenvalue weighted by atomic mass is 32.3. The fourth-order valence-corrected chi connectivity index (χ4v) is 3.99. The molecule has 1 atom stereocenters. The van der Waals surface area contributed by atoms with E-state index in [9.17, 15) is 23.8 Å². The zero-order valence-electron chi connectivity index (χ0n) is 14.7. The molecule has 3 rings (SSSR count). The number of carboxylic acid groups (broad SMARTS) is 1. The van der Waals surface area contributed by atoms with Crippen molar-refractivity contribution in [2.45, 2.75) is 19.4 Å². The molecule has 0 bridgehead atoms. The Balaban J connectivity index is 1.58. The highest BCUT2D eigenvalue weighted by molar-refractivity contribution is 8.20. The van der Waals surface area contributed by atoms with E-state index in [2.05, 4.69) is 4.72 Å². The van der Waals surface area contributed by atoms with Crippen molar-refractivity contribution in [2.24, 2.45) is 0 Å². The molecule has 1 aliphatic rings. The molecule has 1 heterocycles. The molecule has 150 valence electrons. The topological polar surface area (TPSA) is 140 Å². The molecule has 28 heavy (non-hydrogen) atoms. The number of hydrogen-bond donors (Lipinski definition) is 5. The van der Waals surface area contributed by atoms with Crippen LogP contribution in [0.15, 0.2) is 48.5 Å². The number of aromatic carboxylic acids is 1. The summed E-state index contributed by atoms with van der Waals surface area (Å²) in [6.07, 6.45) is -1.01. The molecule has 0 saturated carbocycles. The lowest BCUT2D eigenvalue weighted by Crippen LogP contribution is -2.25. The van der Waals surface area contributed by atoms with Gasteiger partial charge < -0.3 is 14.9 Å². The highest BCUT2D eigenvalue weighted by Gasteiger charge is 2.34. The number of nitrogens with zero attached hydrogens (tertiary/aromatic N) is 1. The van der Waals surface area contributed by atoms with Crippen molar-refractivity contribution < 1.29 is 33.6 Å². The van der Waals surface area contributed by atoms with Crippen LogP contribution in [0.3, 0.4) is 0 Å². The van der Waals surface area contributed by atoms with Crippen LogP contribution in [0.1, 0.15) is 31.8 Å². The van der Waals surface area contributed by atoms with Gasteiger partial charge in [0.2, 0.25) is 0 Å². The Morgan fingerprint density at radius 1 is 1.11 bits per heavy atom. The summed E-state index contributed by atoms with van der Waals surface area (Å²) in [5, 5.41) is 18.5. The van der Waals surface area contributed by atoms with Crippen LogP contribution < -0.4 is 4.72 Å². The van der Waals surface area contributed by atoms with Crippen LogP contribution in [0.2, 0.25) is 0 Å². The lowest BCUT2D eigenvalue weighted by molar-refractivity contribution is 0.0472. The van der Waals surface area contributed by atoms with Crippen molar-refractivity contribution in [3.05, 3.63) is 70.8 Å². The number of aliphatic hydroxyl groups is 1. The normalized spacial score (nSPS) is 19.9. The van der Waals surface area contributed by atoms with Gasteiger partial charge in [0, 0.05) is 6.54 Å². The Bertz CT molecular complexity index is 872. The molecule has 0 amide bonds. The number of carboxylic acids is 1. The van der Waals surface area contributed by atoms with Gasteiger partial charge in [-0.3, -0.25) is 9.11 Å². The largest absolute Gasteiger partial charge is 0.478 e. The van der Waals surface area contributed by atoms with Crippen LogP contribution in [-0.4, -0.2) is 48.3 Å². The van der Waals surface area contributed by atoms with E-state index in [1.54, 1.807) is 36.4 Å². The Morgan fingerprint density at radius 2 is 1.82 bits per heavy atom. The molecule has 0 aromatic heterocycles. The molecule has 2 aromatic rings. The predicted octanol–water partition coefficient (Wildman–Crippen LogP) is 2.05. The van der Waals surface area contributed by atoms with E-state index in [0.717, 1.165) is 5.56 Å². The van der Waals surface area contributed by atoms with E-state index in [1.165, 1.54) is 16.4 Å². The van der Waals surface area contributed by atoms with Crippen molar-refractivity contribution in [1.82, 2.24) is 9.03 Å². The summed E-state index contributed by atoms with van der Waals surface area (Å²) in [4.78, 5) is 23.1. The third kappa shape index (κ3) is 4.87. The minimum absolute atomic E-state index is 0.0556. The molecule has 10 heteroatoms. The van der Waals surface area contributed by atoms with Gasteiger partial charge in [0.1, 0.15) is 12.8 Å². The lowest BCUT2D eigenvalue weighted by Gasteiger charge is -2.35. The number of rotatable bonds is 6. The molecule has 1 saturated heterocycles. The predicted molar refractivity (Wildman–Crippen MR) is 101 cm³/mol. The van der Waals surface area contributed by atoms with Gasteiger partial charge in [0.15, 0.2) is 0 Å². The summed E-state index contributed by atoms with van der Waals surface area (Å²) >= 11 is 0. The van der Waals surface area contributed by atoms with E-state index in [1.807, 2.05) is 0 Å². The average molecular weight is 408 g/mol. The van der Waals surface area contributed by atoms with Crippen LogP contribution in [0, 0.1) is 0 Å². The first-order chi connectivity index (χ1) is 13.2. The monoisotopic (exact) mass is 408 g/mol. The Labute approximate surface area is 162 Å². The standard InChI is InChI=1S/C18H20N2O7S/c21-16-10-20(28(25,26)19-16)9-12-4-6-14(7-5-12)18(24)27-11-13-2-1-3-15(8-13)17(22)23/h1-8,16,19,21,25-26H,9-11H2,(H,22,23). The van der Waals surface area contributed by atoms with Gasteiger partial charge in [-0.25, -0.2) is 9.59 Å². The van der Waals surface area contributed by atoms with Gasteiger partial charge in [-0.2, -0.15) is 9.03 Å². The van der Waals surface area contributed by atoms with E-state index in [4.69, 9.17) is 9.84 Å². The minimum atomic E-state index is -3.21. The van der Waals surface area contributed by atoms with Gasteiger partial charge in [0.05, 0.1) is 17.7 Å². The summed E-state index contributed by atoms with van der Waals surface area (Å²) in [7, 11) is -3.21. The third-order valence-electron chi connectivity index (χ3n) is 4.12. The summed E-state index contributed by atoms with van der Waals surface area (Å²) in [6, 6.07) is 12.6. The Hall–Kier alpha value is -2.47. The number of nitrogens with one attached hydrogen (secondary N) is 1. The van der Waals surface area contributed by atoms with Gasteiger partial charge in [0.25, 0.3) is 0 Å². The average Bonchev–Trinajstić information content (AvgIpc) is 2.91. The minimum Gasteiger partial charge on any atom is -0.478 e. The lowest BCUT2D eigenvalue weighted by atomic mass is 10.1. The molecule has 5 N–H and O–H groups in total. The third-order valence-corrected chi connectivity index (χ3v) is 5.71. The van der Waals surface area contributed by atoms with Crippen LogP contribution in [-0.2, 0) is 17.9 Å². The smallest absolute Gasteiger partial charge is 0.338 e. The molecular weight excluding hydrogens is 388 g/mol. The van der Waals surface area contributed by atoms with E-state index >= 15 is 0 Å². The number of β-amino-alcohol motifs (C(OH)–C–C–N with tert-alkyl or cyclic N) is 1. The SMILES string of the molecule is O=C(O)c1cccc(COC(=O)c2ccc(CN3CC(O)NS3(O)O)cc2)c1. The van der Waals surface area contributed by atoms with Gasteiger partial charge in [-0.05, 0) is 35.4 Å². The van der Waals surface area contributed by atoms with Crippen LogP contribution in [0.25, 0.3) is 0 Å². The number of carbonyl (C=O) groups excluding carboxylic acids is 1. The number of benzene rings is 2. The van der Waals surface area contributed by atoms with E-state index in [0.29, 0.717) is 11.1 Å². The first kappa shape index (κ1) is 20.3. The highest BCUT2D eigenvalue weighted by Crippen LogP contribution is 2.44. The summed E-state index contributed by atoms with van der Waals surface area (Å²) in [6.45, 7) is 0.200. The zero-order chi connectivity index (χ0) is 20.3. The summed E-state index contributed by atoms with van der Waals surface area (Å²) < 4.78 is 28.5. The van der Waals surface area contributed by atoms with Crippen LogP contribution in [0.4, 0.5) is 0 Å². The molecule has 0 aliphatic carbocycles. The maximum absolute atomic E-state index is 12.2. The molecule has 0 spiro atoms. The van der Waals surface area contributed by atoms with E-state index < -0.39 is 29.1 Å². The maximum atomic E-state index is 12.2. The van der Waals surface area contributed by atoms with Gasteiger partial charge >= 0.3 is 11.9 Å². The first-order valence-electron chi connectivity index (χ1n) is 8.31. The summed E-state index contributed by atoms with van der Waals surface area (Å²) in [5.74, 6) is -1.61. The molecule has 0 radical (unpaired) electrons. The molecule has 1 aliphatic heterocycles. The van der Waals surface area contributed by atoms with Crippen molar-refractivity contribution in [2.75, 3.05) is 6.54 Å². The number of esters is 1. The van der Waals surface area contributed by atoms with Crippen molar-refractivity contribution in [3.63, 3.8) is 0 Å². The second-order valence-electron chi connectivity index (χ2n) is 6.25. The molecule has 9 nitrogen and oxygen atoms in total. The molecule has 1 fully saturated rings. The van der Waals surface area contributed by atoms with E-state index in [-0.39, 0.29) is 25.3 Å². The van der Waals surface area contributed by atoms with Gasteiger partial charge in [-0.15, -0.1) is 0 Å². The Morgan fingerprint density at radius 3 is 2.43 bits per heavy atom. The van der Waals surface area contributed by atoms with Gasteiger partial charge in [-0.1, -0.05) is 35.2 Å². The van der Waals surface area contributed by atoms with Crippen molar-refractivity contribution in [3.8, 4) is 0 Å². The van der Waals surface area contributed by atoms with Crippen LogP contribution >= 0.6 is 11.0 Å². The molecule has 2 aromatic carbocycles. The number of aliphatic hydroxyl groups excluding tert-OH is 1. The maximum Gasteiger partial charge on any atom is 0.338 e. The number of carbonyl (C=O) groups is 2. The fourth-order valence-electron chi connectivity index (χ4n) is 2.72. The number of ether oxygens (including phenoxy) is 1.